The highest BCUT2D eigenvalue weighted by Crippen LogP contribution is 2.23. The molecule has 3 N–H and O–H groups in total. The Labute approximate surface area is 235 Å². The minimum absolute atomic E-state index is 0.113. The van der Waals surface area contributed by atoms with Gasteiger partial charge in [0.15, 0.2) is 5.13 Å². The maximum atomic E-state index is 13.3. The van der Waals surface area contributed by atoms with Crippen LogP contribution in [0.2, 0.25) is 0 Å². The van der Waals surface area contributed by atoms with Gasteiger partial charge in [-0.3, -0.25) is 14.4 Å². The molecule has 3 amide bonds. The summed E-state index contributed by atoms with van der Waals surface area (Å²) in [6.45, 7) is 4.23. The minimum atomic E-state index is -0.462. The van der Waals surface area contributed by atoms with Crippen LogP contribution in [0.25, 0.3) is 6.08 Å². The molecule has 7 nitrogen and oxygen atoms in total. The molecule has 0 saturated heterocycles. The molecule has 0 aliphatic carbocycles. The summed E-state index contributed by atoms with van der Waals surface area (Å²) in [6, 6.07) is 23.8. The van der Waals surface area contributed by atoms with Crippen molar-refractivity contribution in [2.24, 2.45) is 0 Å². The summed E-state index contributed by atoms with van der Waals surface area (Å²) >= 11 is 2.70. The number of rotatable bonds is 10. The van der Waals surface area contributed by atoms with Gasteiger partial charge in [-0.25, -0.2) is 4.98 Å². The van der Waals surface area contributed by atoms with Gasteiger partial charge in [0, 0.05) is 27.7 Å². The molecule has 9 heteroatoms. The lowest BCUT2D eigenvalue weighted by Crippen LogP contribution is -2.30. The SMILES string of the molecule is CC(C)c1ccc(/C=C(/NC(=O)c2ccccc2)C(=O)Nc2cccc(SCC(=O)Nc3nccs3)c2)cc1. The van der Waals surface area contributed by atoms with E-state index in [4.69, 9.17) is 0 Å². The summed E-state index contributed by atoms with van der Waals surface area (Å²) in [7, 11) is 0. The molecule has 0 atom stereocenters. The van der Waals surface area contributed by atoms with Gasteiger partial charge >= 0.3 is 0 Å². The molecule has 0 saturated carbocycles. The molecule has 0 aliphatic heterocycles. The van der Waals surface area contributed by atoms with Crippen molar-refractivity contribution >= 4 is 57.7 Å². The Morgan fingerprint density at radius 3 is 2.41 bits per heavy atom. The maximum absolute atomic E-state index is 13.3. The van der Waals surface area contributed by atoms with E-state index in [-0.39, 0.29) is 23.3 Å². The van der Waals surface area contributed by atoms with Crippen molar-refractivity contribution in [1.82, 2.24) is 10.3 Å². The number of thiazole rings is 1. The summed E-state index contributed by atoms with van der Waals surface area (Å²) in [5, 5.41) is 10.7. The Hall–Kier alpha value is -4.21. The Kier molecular flexibility index (Phi) is 9.66. The van der Waals surface area contributed by atoms with Crippen LogP contribution in [0.5, 0.6) is 0 Å². The first-order valence-electron chi connectivity index (χ1n) is 12.3. The molecule has 4 rings (SSSR count). The molecule has 3 aromatic carbocycles. The topological polar surface area (TPSA) is 100 Å². The predicted octanol–water partition coefficient (Wildman–Crippen LogP) is 6.41. The molecule has 0 unspecified atom stereocenters. The lowest BCUT2D eigenvalue weighted by atomic mass is 10.0. The van der Waals surface area contributed by atoms with E-state index in [1.807, 2.05) is 36.4 Å². The summed E-state index contributed by atoms with van der Waals surface area (Å²) in [4.78, 5) is 43.3. The first-order valence-corrected chi connectivity index (χ1v) is 14.2. The van der Waals surface area contributed by atoms with E-state index in [1.165, 1.54) is 28.7 Å². The van der Waals surface area contributed by atoms with Gasteiger partial charge in [-0.05, 0) is 53.5 Å². The van der Waals surface area contributed by atoms with Crippen molar-refractivity contribution in [2.75, 3.05) is 16.4 Å². The van der Waals surface area contributed by atoms with Gasteiger partial charge in [-0.2, -0.15) is 0 Å². The van der Waals surface area contributed by atoms with E-state index in [9.17, 15) is 14.4 Å². The van der Waals surface area contributed by atoms with E-state index in [0.29, 0.717) is 22.3 Å². The predicted molar refractivity (Wildman–Crippen MR) is 159 cm³/mol. The fraction of sp³-hybridized carbons (Fsp3) is 0.133. The fourth-order valence-electron chi connectivity index (χ4n) is 3.54. The molecular weight excluding hydrogens is 528 g/mol. The second-order valence-electron chi connectivity index (χ2n) is 8.86. The quantitative estimate of drug-likeness (QED) is 0.155. The first-order chi connectivity index (χ1) is 18.9. The molecule has 0 aliphatic rings. The van der Waals surface area contributed by atoms with Crippen LogP contribution in [-0.2, 0) is 9.59 Å². The van der Waals surface area contributed by atoms with Gasteiger partial charge in [0.25, 0.3) is 11.8 Å². The number of benzene rings is 3. The van der Waals surface area contributed by atoms with Crippen LogP contribution in [0, 0.1) is 0 Å². The summed E-state index contributed by atoms with van der Waals surface area (Å²) in [5.41, 5.74) is 3.07. The monoisotopic (exact) mass is 556 g/mol. The smallest absolute Gasteiger partial charge is 0.272 e. The highest BCUT2D eigenvalue weighted by atomic mass is 32.2. The third-order valence-corrected chi connectivity index (χ3v) is 7.27. The molecule has 0 radical (unpaired) electrons. The zero-order valence-electron chi connectivity index (χ0n) is 21.5. The standard InChI is InChI=1S/C30H28N4O3S2/c1-20(2)22-13-11-21(12-14-22)17-26(33-28(36)23-7-4-3-5-8-23)29(37)32-24-9-6-10-25(18-24)39-19-27(35)34-30-31-15-16-38-30/h3-18,20H,19H2,1-2H3,(H,32,37)(H,33,36)(H,31,34,35)/b26-17+. The van der Waals surface area contributed by atoms with Gasteiger partial charge in [-0.1, -0.05) is 62.4 Å². The van der Waals surface area contributed by atoms with Crippen LogP contribution in [0.3, 0.4) is 0 Å². The number of amides is 3. The third kappa shape index (κ3) is 8.39. The van der Waals surface area contributed by atoms with Crippen molar-refractivity contribution in [3.63, 3.8) is 0 Å². The van der Waals surface area contributed by atoms with Crippen LogP contribution in [0.15, 0.2) is 101 Å². The number of carbonyl (C=O) groups excluding carboxylic acids is 3. The zero-order valence-corrected chi connectivity index (χ0v) is 23.1. The molecule has 0 spiro atoms. The van der Waals surface area contributed by atoms with E-state index in [1.54, 1.807) is 60.1 Å². The van der Waals surface area contributed by atoms with Gasteiger partial charge < -0.3 is 16.0 Å². The van der Waals surface area contributed by atoms with Crippen molar-refractivity contribution in [2.45, 2.75) is 24.7 Å². The average molecular weight is 557 g/mol. The van der Waals surface area contributed by atoms with Gasteiger partial charge in [0.2, 0.25) is 5.91 Å². The molecule has 0 fully saturated rings. The van der Waals surface area contributed by atoms with E-state index < -0.39 is 5.91 Å². The lowest BCUT2D eigenvalue weighted by Gasteiger charge is -2.12. The number of carbonyl (C=O) groups is 3. The van der Waals surface area contributed by atoms with Crippen molar-refractivity contribution in [1.29, 1.82) is 0 Å². The molecule has 1 aromatic heterocycles. The van der Waals surface area contributed by atoms with Crippen LogP contribution in [-0.4, -0.2) is 28.5 Å². The van der Waals surface area contributed by atoms with Crippen LogP contribution >= 0.6 is 23.1 Å². The van der Waals surface area contributed by atoms with Gasteiger partial charge in [0.1, 0.15) is 5.70 Å². The molecule has 39 heavy (non-hydrogen) atoms. The highest BCUT2D eigenvalue weighted by Gasteiger charge is 2.16. The summed E-state index contributed by atoms with van der Waals surface area (Å²) in [6.07, 6.45) is 3.28. The number of nitrogens with one attached hydrogen (secondary N) is 3. The Bertz CT molecular complexity index is 1450. The Morgan fingerprint density at radius 1 is 0.949 bits per heavy atom. The maximum Gasteiger partial charge on any atom is 0.272 e. The Morgan fingerprint density at radius 2 is 1.72 bits per heavy atom. The number of anilines is 2. The minimum Gasteiger partial charge on any atom is -0.321 e. The average Bonchev–Trinajstić information content (AvgIpc) is 3.45. The highest BCUT2D eigenvalue weighted by molar-refractivity contribution is 8.00. The van der Waals surface area contributed by atoms with Crippen molar-refractivity contribution < 1.29 is 14.4 Å². The second-order valence-corrected chi connectivity index (χ2v) is 10.8. The second kappa shape index (κ2) is 13.5. The fourth-order valence-corrected chi connectivity index (χ4v) is 4.84. The normalized spacial score (nSPS) is 11.2. The van der Waals surface area contributed by atoms with E-state index >= 15 is 0 Å². The number of aromatic nitrogens is 1. The summed E-state index contributed by atoms with van der Waals surface area (Å²) in [5.74, 6) is -0.433. The third-order valence-electron chi connectivity index (χ3n) is 5.58. The van der Waals surface area contributed by atoms with Crippen molar-refractivity contribution in [3.05, 3.63) is 113 Å². The van der Waals surface area contributed by atoms with Crippen LogP contribution in [0.1, 0.15) is 41.3 Å². The largest absolute Gasteiger partial charge is 0.321 e. The molecule has 0 bridgehead atoms. The van der Waals surface area contributed by atoms with E-state index in [0.717, 1.165) is 10.5 Å². The molecular formula is C30H28N4O3S2. The first kappa shape index (κ1) is 27.8. The lowest BCUT2D eigenvalue weighted by molar-refractivity contribution is -0.114. The number of hydrogen-bond donors (Lipinski definition) is 3. The van der Waals surface area contributed by atoms with E-state index in [2.05, 4.69) is 34.8 Å². The van der Waals surface area contributed by atoms with Crippen LogP contribution in [0.4, 0.5) is 10.8 Å². The number of hydrogen-bond acceptors (Lipinski definition) is 6. The Balaban J connectivity index is 1.48. The number of thioether (sulfide) groups is 1. The molecule has 4 aromatic rings. The van der Waals surface area contributed by atoms with Crippen LogP contribution < -0.4 is 16.0 Å². The van der Waals surface area contributed by atoms with Gasteiger partial charge in [-0.15, -0.1) is 23.1 Å². The zero-order chi connectivity index (χ0) is 27.6. The number of nitrogens with zero attached hydrogens (tertiary/aromatic N) is 1. The molecule has 1 heterocycles. The molecule has 198 valence electrons. The van der Waals surface area contributed by atoms with Crippen molar-refractivity contribution in [3.8, 4) is 0 Å². The summed E-state index contributed by atoms with van der Waals surface area (Å²) < 4.78 is 0. The van der Waals surface area contributed by atoms with Gasteiger partial charge in [0.05, 0.1) is 5.75 Å².